The number of benzene rings is 2. The largest absolute Gasteiger partial charge is 0.348 e. The standard InChI is InChI=1S/C14H10ClF2NO/c15-11-3-1-2-9(4-11)8-18-14(19)10-5-12(16)7-13(17)6-10/h1-7H,8H2,(H,18,19). The van der Waals surface area contributed by atoms with Crippen molar-refractivity contribution in [2.45, 2.75) is 6.54 Å². The maximum atomic E-state index is 13.0. The third-order valence-electron chi connectivity index (χ3n) is 2.47. The predicted octanol–water partition coefficient (Wildman–Crippen LogP) is 3.55. The summed E-state index contributed by atoms with van der Waals surface area (Å²) in [5, 5.41) is 3.12. The van der Waals surface area contributed by atoms with E-state index in [2.05, 4.69) is 5.32 Å². The van der Waals surface area contributed by atoms with Crippen LogP contribution in [0.5, 0.6) is 0 Å². The predicted molar refractivity (Wildman–Crippen MR) is 69.0 cm³/mol. The highest BCUT2D eigenvalue weighted by Gasteiger charge is 2.08. The zero-order valence-corrected chi connectivity index (χ0v) is 10.5. The van der Waals surface area contributed by atoms with Gasteiger partial charge >= 0.3 is 0 Å². The highest BCUT2D eigenvalue weighted by atomic mass is 35.5. The molecule has 19 heavy (non-hydrogen) atoms. The molecular weight excluding hydrogens is 272 g/mol. The minimum absolute atomic E-state index is 0.0560. The van der Waals surface area contributed by atoms with Crippen LogP contribution in [0.15, 0.2) is 42.5 Å². The summed E-state index contributed by atoms with van der Waals surface area (Å²) in [5.74, 6) is -2.11. The van der Waals surface area contributed by atoms with Crippen molar-refractivity contribution in [1.29, 1.82) is 0 Å². The lowest BCUT2D eigenvalue weighted by atomic mass is 10.2. The summed E-state index contributed by atoms with van der Waals surface area (Å²) >= 11 is 5.81. The summed E-state index contributed by atoms with van der Waals surface area (Å²) in [4.78, 5) is 11.7. The SMILES string of the molecule is O=C(NCc1cccc(Cl)c1)c1cc(F)cc(F)c1. The summed E-state index contributed by atoms with van der Waals surface area (Å²) in [6, 6.07) is 9.65. The first-order valence-corrected chi connectivity index (χ1v) is 5.91. The van der Waals surface area contributed by atoms with E-state index < -0.39 is 17.5 Å². The van der Waals surface area contributed by atoms with Crippen molar-refractivity contribution in [3.8, 4) is 0 Å². The van der Waals surface area contributed by atoms with Gasteiger partial charge in [0.25, 0.3) is 5.91 Å². The Hall–Kier alpha value is -1.94. The highest BCUT2D eigenvalue weighted by molar-refractivity contribution is 6.30. The van der Waals surface area contributed by atoms with Gasteiger partial charge < -0.3 is 5.32 Å². The van der Waals surface area contributed by atoms with Crippen molar-refractivity contribution >= 4 is 17.5 Å². The Morgan fingerprint density at radius 3 is 2.42 bits per heavy atom. The number of carbonyl (C=O) groups is 1. The van der Waals surface area contributed by atoms with Crippen LogP contribution < -0.4 is 5.32 Å². The zero-order chi connectivity index (χ0) is 13.8. The number of hydrogen-bond acceptors (Lipinski definition) is 1. The Balaban J connectivity index is 2.05. The van der Waals surface area contributed by atoms with E-state index in [1.54, 1.807) is 24.3 Å². The van der Waals surface area contributed by atoms with Crippen molar-refractivity contribution in [2.75, 3.05) is 0 Å². The second kappa shape index (κ2) is 5.80. The van der Waals surface area contributed by atoms with Gasteiger partial charge in [-0.3, -0.25) is 4.79 Å². The normalized spacial score (nSPS) is 10.3. The van der Waals surface area contributed by atoms with Crippen molar-refractivity contribution in [1.82, 2.24) is 5.32 Å². The van der Waals surface area contributed by atoms with Crippen molar-refractivity contribution < 1.29 is 13.6 Å². The minimum atomic E-state index is -0.784. The summed E-state index contributed by atoms with van der Waals surface area (Å²) < 4.78 is 25.9. The van der Waals surface area contributed by atoms with Crippen molar-refractivity contribution in [3.63, 3.8) is 0 Å². The molecule has 2 aromatic rings. The third-order valence-corrected chi connectivity index (χ3v) is 2.70. The Bertz CT molecular complexity index is 596. The third kappa shape index (κ3) is 3.76. The molecule has 5 heteroatoms. The molecule has 0 saturated heterocycles. The van der Waals surface area contributed by atoms with Crippen LogP contribution >= 0.6 is 11.6 Å². The average Bonchev–Trinajstić information content (AvgIpc) is 2.35. The minimum Gasteiger partial charge on any atom is -0.348 e. The fraction of sp³-hybridized carbons (Fsp3) is 0.0714. The number of hydrogen-bond donors (Lipinski definition) is 1. The Morgan fingerprint density at radius 2 is 1.79 bits per heavy atom. The first-order chi connectivity index (χ1) is 9.04. The molecule has 0 spiro atoms. The van der Waals surface area contributed by atoms with Gasteiger partial charge in [0.2, 0.25) is 0 Å². The van der Waals surface area contributed by atoms with E-state index >= 15 is 0 Å². The Kier molecular flexibility index (Phi) is 4.12. The summed E-state index contributed by atoms with van der Waals surface area (Å²) in [7, 11) is 0. The van der Waals surface area contributed by atoms with E-state index in [1.165, 1.54) is 0 Å². The molecule has 2 nitrogen and oxygen atoms in total. The van der Waals surface area contributed by atoms with E-state index in [1.807, 2.05) is 0 Å². The molecule has 0 aromatic heterocycles. The first kappa shape index (κ1) is 13.5. The van der Waals surface area contributed by atoms with Crippen LogP contribution in [0.2, 0.25) is 5.02 Å². The molecule has 0 fully saturated rings. The molecule has 2 aromatic carbocycles. The molecule has 2 rings (SSSR count). The molecule has 0 saturated carbocycles. The quantitative estimate of drug-likeness (QED) is 0.916. The lowest BCUT2D eigenvalue weighted by Gasteiger charge is -2.06. The summed E-state index contributed by atoms with van der Waals surface area (Å²) in [6.45, 7) is 0.234. The van der Waals surface area contributed by atoms with Crippen LogP contribution in [-0.4, -0.2) is 5.91 Å². The zero-order valence-electron chi connectivity index (χ0n) is 9.79. The van der Waals surface area contributed by atoms with Gasteiger partial charge in [-0.25, -0.2) is 8.78 Å². The number of rotatable bonds is 3. The molecule has 0 aliphatic rings. The number of halogens is 3. The van der Waals surface area contributed by atoms with Gasteiger partial charge in [0.05, 0.1) is 0 Å². The van der Waals surface area contributed by atoms with Gasteiger partial charge in [0.1, 0.15) is 11.6 Å². The maximum absolute atomic E-state index is 13.0. The number of nitrogens with one attached hydrogen (secondary N) is 1. The van der Waals surface area contributed by atoms with E-state index in [4.69, 9.17) is 11.6 Å². The van der Waals surface area contributed by atoms with Gasteiger partial charge in [0.15, 0.2) is 0 Å². The first-order valence-electron chi connectivity index (χ1n) is 5.53. The molecule has 0 aliphatic heterocycles. The lowest BCUT2D eigenvalue weighted by molar-refractivity contribution is 0.0950. The van der Waals surface area contributed by atoms with E-state index in [0.29, 0.717) is 11.1 Å². The van der Waals surface area contributed by atoms with E-state index in [0.717, 1.165) is 17.7 Å². The fourth-order valence-corrected chi connectivity index (χ4v) is 1.83. The number of amides is 1. The second-order valence-electron chi connectivity index (χ2n) is 3.97. The molecule has 0 radical (unpaired) electrons. The second-order valence-corrected chi connectivity index (χ2v) is 4.41. The van der Waals surface area contributed by atoms with Gasteiger partial charge in [-0.2, -0.15) is 0 Å². The fourth-order valence-electron chi connectivity index (χ4n) is 1.62. The topological polar surface area (TPSA) is 29.1 Å². The molecule has 0 aliphatic carbocycles. The molecule has 0 bridgehead atoms. The van der Waals surface area contributed by atoms with Crippen molar-refractivity contribution in [3.05, 3.63) is 70.2 Å². The molecular formula is C14H10ClF2NO. The van der Waals surface area contributed by atoms with Gasteiger partial charge in [-0.1, -0.05) is 23.7 Å². The van der Waals surface area contributed by atoms with Gasteiger partial charge in [0, 0.05) is 23.2 Å². The Morgan fingerprint density at radius 1 is 1.11 bits per heavy atom. The lowest BCUT2D eigenvalue weighted by Crippen LogP contribution is -2.23. The molecule has 0 heterocycles. The van der Waals surface area contributed by atoms with Crippen LogP contribution in [0.3, 0.4) is 0 Å². The van der Waals surface area contributed by atoms with Crippen LogP contribution in [0.1, 0.15) is 15.9 Å². The molecule has 1 N–H and O–H groups in total. The maximum Gasteiger partial charge on any atom is 0.251 e. The summed E-state index contributed by atoms with van der Waals surface area (Å²) in [6.07, 6.45) is 0. The molecule has 0 atom stereocenters. The molecule has 98 valence electrons. The van der Waals surface area contributed by atoms with E-state index in [-0.39, 0.29) is 12.1 Å². The molecule has 1 amide bonds. The molecule has 0 unspecified atom stereocenters. The van der Waals surface area contributed by atoms with E-state index in [9.17, 15) is 13.6 Å². The van der Waals surface area contributed by atoms with Gasteiger partial charge in [-0.05, 0) is 29.8 Å². The Labute approximate surface area is 114 Å². The smallest absolute Gasteiger partial charge is 0.251 e. The summed E-state index contributed by atoms with van der Waals surface area (Å²) in [5.41, 5.74) is 0.747. The van der Waals surface area contributed by atoms with Crippen LogP contribution in [-0.2, 0) is 6.54 Å². The van der Waals surface area contributed by atoms with Crippen LogP contribution in [0.4, 0.5) is 8.78 Å². The number of carbonyl (C=O) groups excluding carboxylic acids is 1. The van der Waals surface area contributed by atoms with Crippen LogP contribution in [0.25, 0.3) is 0 Å². The highest BCUT2D eigenvalue weighted by Crippen LogP contribution is 2.11. The monoisotopic (exact) mass is 281 g/mol. The van der Waals surface area contributed by atoms with Crippen LogP contribution in [0, 0.1) is 11.6 Å². The van der Waals surface area contributed by atoms with Crippen molar-refractivity contribution in [2.24, 2.45) is 0 Å². The van der Waals surface area contributed by atoms with Gasteiger partial charge in [-0.15, -0.1) is 0 Å². The average molecular weight is 282 g/mol.